The number of guanidine groups is 1. The van der Waals surface area contributed by atoms with Gasteiger partial charge in [0.2, 0.25) is 0 Å². The van der Waals surface area contributed by atoms with E-state index in [1.165, 1.54) is 0 Å². The molecule has 3 aliphatic rings. The molecule has 7 heteroatoms. The number of nitrogens with zero attached hydrogens (tertiary/aromatic N) is 1. The number of rotatable bonds is 7. The molecule has 0 aromatic heterocycles. The molecule has 5 rings (SSSR count). The van der Waals surface area contributed by atoms with E-state index in [1.807, 2.05) is 42.5 Å². The summed E-state index contributed by atoms with van der Waals surface area (Å²) < 4.78 is 0. The van der Waals surface area contributed by atoms with E-state index in [-0.39, 0.29) is 17.4 Å². The van der Waals surface area contributed by atoms with Gasteiger partial charge in [0.1, 0.15) is 0 Å². The summed E-state index contributed by atoms with van der Waals surface area (Å²) in [6, 6.07) is 13.3. The van der Waals surface area contributed by atoms with Crippen LogP contribution in [0.4, 0.5) is 11.4 Å². The highest BCUT2D eigenvalue weighted by Crippen LogP contribution is 2.45. The maximum atomic E-state index is 12.9. The molecule has 0 unspecified atom stereocenters. The summed E-state index contributed by atoms with van der Waals surface area (Å²) in [4.78, 5) is 29.6. The molecule has 1 heterocycles. The van der Waals surface area contributed by atoms with Crippen molar-refractivity contribution in [3.05, 3.63) is 59.2 Å². The third kappa shape index (κ3) is 4.72. The quantitative estimate of drug-likeness (QED) is 0.518. The van der Waals surface area contributed by atoms with Gasteiger partial charge in [-0.05, 0) is 79.5 Å². The molecule has 2 amide bonds. The first kappa shape index (κ1) is 21.5. The fraction of sp³-hybridized carbons (Fsp3) is 0.423. The lowest BCUT2D eigenvalue weighted by Gasteiger charge is -2.21. The molecule has 2 aromatic rings. The fourth-order valence-corrected chi connectivity index (χ4v) is 4.38. The Labute approximate surface area is 194 Å². The lowest BCUT2D eigenvalue weighted by molar-refractivity contribution is 0.0917. The van der Waals surface area contributed by atoms with Gasteiger partial charge in [0.05, 0.1) is 0 Å². The van der Waals surface area contributed by atoms with Gasteiger partial charge < -0.3 is 21.3 Å². The highest BCUT2D eigenvalue weighted by molar-refractivity contribution is 6.03. The minimum absolute atomic E-state index is 0.0264. The van der Waals surface area contributed by atoms with Gasteiger partial charge in [0, 0.05) is 41.1 Å². The van der Waals surface area contributed by atoms with E-state index in [2.05, 4.69) is 40.1 Å². The van der Waals surface area contributed by atoms with Crippen LogP contribution in [-0.2, 0) is 0 Å². The van der Waals surface area contributed by atoms with E-state index in [1.54, 1.807) is 0 Å². The number of aliphatic imine (C=N–C) groups is 1. The summed E-state index contributed by atoms with van der Waals surface area (Å²) in [5.41, 5.74) is 4.14. The van der Waals surface area contributed by atoms with Crippen LogP contribution >= 0.6 is 0 Å². The van der Waals surface area contributed by atoms with Crippen molar-refractivity contribution in [3.63, 3.8) is 0 Å². The summed E-state index contributed by atoms with van der Waals surface area (Å²) in [6.45, 7) is 5.87. The predicted molar refractivity (Wildman–Crippen MR) is 130 cm³/mol. The zero-order valence-electron chi connectivity index (χ0n) is 19.2. The molecular formula is C26H31N5O2. The van der Waals surface area contributed by atoms with Crippen molar-refractivity contribution in [1.29, 1.82) is 0 Å². The average molecular weight is 446 g/mol. The van der Waals surface area contributed by atoms with Gasteiger partial charge in [-0.1, -0.05) is 19.9 Å². The molecule has 1 aliphatic heterocycles. The summed E-state index contributed by atoms with van der Waals surface area (Å²) >= 11 is 0. The maximum Gasteiger partial charge on any atom is 0.280 e. The largest absolute Gasteiger partial charge is 0.355 e. The monoisotopic (exact) mass is 445 g/mol. The van der Waals surface area contributed by atoms with E-state index >= 15 is 0 Å². The Bertz CT molecular complexity index is 1110. The summed E-state index contributed by atoms with van der Waals surface area (Å²) in [5.74, 6) is 1.13. The van der Waals surface area contributed by atoms with Crippen molar-refractivity contribution >= 4 is 29.1 Å². The van der Waals surface area contributed by atoms with Gasteiger partial charge in [-0.15, -0.1) is 0 Å². The van der Waals surface area contributed by atoms with Crippen molar-refractivity contribution in [2.75, 3.05) is 18.4 Å². The molecule has 2 saturated carbocycles. The Balaban J connectivity index is 1.34. The van der Waals surface area contributed by atoms with Gasteiger partial charge in [-0.25, -0.2) is 0 Å². The summed E-state index contributed by atoms with van der Waals surface area (Å²) in [5, 5.41) is 12.8. The smallest absolute Gasteiger partial charge is 0.280 e. The summed E-state index contributed by atoms with van der Waals surface area (Å²) in [7, 11) is 0. The minimum atomic E-state index is -0.252. The highest BCUT2D eigenvalue weighted by atomic mass is 16.2. The second kappa shape index (κ2) is 8.54. The maximum absolute atomic E-state index is 12.9. The number of nitrogens with one attached hydrogen (secondary N) is 4. The van der Waals surface area contributed by atoms with E-state index in [0.29, 0.717) is 28.9 Å². The van der Waals surface area contributed by atoms with Gasteiger partial charge in [0.25, 0.3) is 11.8 Å². The number of carbonyl (C=O) groups excluding carboxylic acids is 2. The highest BCUT2D eigenvalue weighted by Gasteiger charge is 2.46. The molecular weight excluding hydrogens is 414 g/mol. The Morgan fingerprint density at radius 2 is 1.79 bits per heavy atom. The first-order valence-corrected chi connectivity index (χ1v) is 11.9. The first-order valence-electron chi connectivity index (χ1n) is 11.9. The molecule has 33 heavy (non-hydrogen) atoms. The molecule has 172 valence electrons. The van der Waals surface area contributed by atoms with Gasteiger partial charge in [0.15, 0.2) is 5.96 Å². The van der Waals surface area contributed by atoms with Crippen LogP contribution in [0.2, 0.25) is 0 Å². The lowest BCUT2D eigenvalue weighted by atomic mass is 10.0. The van der Waals surface area contributed by atoms with Crippen molar-refractivity contribution in [1.82, 2.24) is 16.0 Å². The number of hydrogen-bond donors (Lipinski definition) is 4. The summed E-state index contributed by atoms with van der Waals surface area (Å²) in [6.07, 6.45) is 4.32. The molecule has 2 aromatic carbocycles. The van der Waals surface area contributed by atoms with Crippen LogP contribution in [-0.4, -0.2) is 36.4 Å². The molecule has 4 N–H and O–H groups in total. The first-order chi connectivity index (χ1) is 15.9. The van der Waals surface area contributed by atoms with Crippen LogP contribution in [0.5, 0.6) is 0 Å². The van der Waals surface area contributed by atoms with Crippen molar-refractivity contribution in [2.24, 2.45) is 10.9 Å². The Morgan fingerprint density at radius 1 is 1.03 bits per heavy atom. The van der Waals surface area contributed by atoms with E-state index in [4.69, 9.17) is 0 Å². The Morgan fingerprint density at radius 3 is 2.45 bits per heavy atom. The van der Waals surface area contributed by atoms with Crippen molar-refractivity contribution in [3.8, 4) is 0 Å². The van der Waals surface area contributed by atoms with Crippen LogP contribution in [0.25, 0.3) is 0 Å². The molecule has 2 aliphatic carbocycles. The third-order valence-corrected chi connectivity index (χ3v) is 6.90. The van der Waals surface area contributed by atoms with Gasteiger partial charge in [-0.3, -0.25) is 9.59 Å². The van der Waals surface area contributed by atoms with E-state index in [9.17, 15) is 9.59 Å². The number of hydrogen-bond acceptors (Lipinski definition) is 3. The van der Waals surface area contributed by atoms with Crippen LogP contribution in [0.15, 0.2) is 47.5 Å². The lowest BCUT2D eigenvalue weighted by Crippen LogP contribution is -2.40. The van der Waals surface area contributed by atoms with Crippen LogP contribution in [0, 0.1) is 5.92 Å². The van der Waals surface area contributed by atoms with Crippen molar-refractivity contribution in [2.45, 2.75) is 51.0 Å². The second-order valence-electron chi connectivity index (χ2n) is 9.67. The molecule has 0 spiro atoms. The number of anilines is 2. The topological polar surface area (TPSA) is 94.6 Å². The van der Waals surface area contributed by atoms with Gasteiger partial charge in [-0.2, -0.15) is 4.99 Å². The molecule has 7 nitrogen and oxygen atoms in total. The number of benzene rings is 2. The Hall–Kier alpha value is -3.35. The second-order valence-corrected chi connectivity index (χ2v) is 9.67. The standard InChI is InChI=1S/C26H31N5O2/c1-16(2)26(10-11-26)31-24(33)18-4-3-5-20(14-18)29-22-9-8-19(15-21(22)17-6-7-17)23(32)30-25-27-12-13-28-25/h3-5,8-9,14-17,29H,6-7,10-13H2,1-2H3,(H,31,33)(H2,27,28,30,32). The molecule has 0 bridgehead atoms. The SMILES string of the molecule is CC(C)C1(NC(=O)c2cccc(Nc3ccc(C(=O)N=C4NCCN4)cc3C3CC3)c2)CC1. The predicted octanol–water partition coefficient (Wildman–Crippen LogP) is 3.92. The van der Waals surface area contributed by atoms with Crippen LogP contribution in [0.3, 0.4) is 0 Å². The number of amides is 2. The third-order valence-electron chi connectivity index (χ3n) is 6.90. The minimum Gasteiger partial charge on any atom is -0.355 e. The number of carbonyl (C=O) groups is 2. The molecule has 3 fully saturated rings. The van der Waals surface area contributed by atoms with E-state index in [0.717, 1.165) is 55.7 Å². The zero-order chi connectivity index (χ0) is 23.0. The van der Waals surface area contributed by atoms with E-state index < -0.39 is 0 Å². The van der Waals surface area contributed by atoms with Crippen molar-refractivity contribution < 1.29 is 9.59 Å². The molecule has 0 atom stereocenters. The molecule has 0 radical (unpaired) electrons. The Kier molecular flexibility index (Phi) is 5.56. The zero-order valence-corrected chi connectivity index (χ0v) is 19.2. The molecule has 1 saturated heterocycles. The van der Waals surface area contributed by atoms with Crippen LogP contribution < -0.4 is 21.3 Å². The fourth-order valence-electron chi connectivity index (χ4n) is 4.38. The van der Waals surface area contributed by atoms with Gasteiger partial charge >= 0.3 is 0 Å². The van der Waals surface area contributed by atoms with Crippen LogP contribution in [0.1, 0.15) is 71.7 Å². The average Bonchev–Trinajstić information content (AvgIpc) is 3.73. The normalized spacial score (nSPS) is 18.3.